The van der Waals surface area contributed by atoms with Gasteiger partial charge in [0.15, 0.2) is 0 Å². The molecule has 0 radical (unpaired) electrons. The Kier molecular flexibility index (Phi) is 6.46. The van der Waals surface area contributed by atoms with Crippen molar-refractivity contribution in [3.8, 4) is 0 Å². The number of hydrogen-bond acceptors (Lipinski definition) is 3. The molecule has 23 heavy (non-hydrogen) atoms. The normalized spacial score (nSPS) is 18.2. The third-order valence-corrected chi connectivity index (χ3v) is 4.03. The highest BCUT2D eigenvalue weighted by molar-refractivity contribution is 5.68. The van der Waals surface area contributed by atoms with Crippen molar-refractivity contribution in [3.05, 3.63) is 35.9 Å². The second-order valence-corrected chi connectivity index (χ2v) is 7.37. The number of benzene rings is 1. The Labute approximate surface area is 140 Å². The van der Waals surface area contributed by atoms with Gasteiger partial charge in [0, 0.05) is 13.1 Å². The number of likely N-dealkylation sites (tertiary alicyclic amines) is 1. The van der Waals surface area contributed by atoms with Gasteiger partial charge in [-0.3, -0.25) is 0 Å². The molecule has 1 amide bonds. The van der Waals surface area contributed by atoms with E-state index in [0.29, 0.717) is 5.92 Å². The van der Waals surface area contributed by atoms with Crippen molar-refractivity contribution in [1.29, 1.82) is 0 Å². The number of nitrogens with one attached hydrogen (secondary N) is 1. The van der Waals surface area contributed by atoms with Gasteiger partial charge in [-0.2, -0.15) is 0 Å². The summed E-state index contributed by atoms with van der Waals surface area (Å²) in [5, 5.41) is 3.53. The maximum Gasteiger partial charge on any atom is 0.410 e. The molecule has 1 aliphatic heterocycles. The highest BCUT2D eigenvalue weighted by atomic mass is 16.6. The molecule has 1 aromatic rings. The minimum Gasteiger partial charge on any atom is -0.444 e. The molecule has 0 aromatic heterocycles. The molecule has 128 valence electrons. The van der Waals surface area contributed by atoms with E-state index in [2.05, 4.69) is 35.6 Å². The quantitative estimate of drug-likeness (QED) is 0.817. The Balaban J connectivity index is 1.58. The zero-order valence-electron chi connectivity index (χ0n) is 14.7. The summed E-state index contributed by atoms with van der Waals surface area (Å²) in [6.07, 6.45) is 3.14. The van der Waals surface area contributed by atoms with E-state index in [4.69, 9.17) is 4.74 Å². The predicted molar refractivity (Wildman–Crippen MR) is 93.5 cm³/mol. The number of carbonyl (C=O) groups excluding carboxylic acids is 1. The summed E-state index contributed by atoms with van der Waals surface area (Å²) >= 11 is 0. The van der Waals surface area contributed by atoms with Gasteiger partial charge in [-0.1, -0.05) is 30.3 Å². The Hall–Kier alpha value is -1.55. The maximum atomic E-state index is 12.0. The van der Waals surface area contributed by atoms with E-state index in [1.807, 2.05) is 25.7 Å². The largest absolute Gasteiger partial charge is 0.444 e. The van der Waals surface area contributed by atoms with Gasteiger partial charge in [0.05, 0.1) is 0 Å². The summed E-state index contributed by atoms with van der Waals surface area (Å²) in [4.78, 5) is 13.9. The number of ether oxygens (including phenoxy) is 1. The number of amides is 1. The van der Waals surface area contributed by atoms with Crippen molar-refractivity contribution < 1.29 is 9.53 Å². The predicted octanol–water partition coefficient (Wildman–Crippen LogP) is 3.47. The SMILES string of the molecule is CC(C)(C)OC(=O)N1CCC(CNCCCc2ccccc2)C1. The second kappa shape index (κ2) is 8.34. The maximum absolute atomic E-state index is 12.0. The minimum atomic E-state index is -0.412. The first kappa shape index (κ1) is 17.8. The average molecular weight is 318 g/mol. The van der Waals surface area contributed by atoms with Crippen LogP contribution in [0.2, 0.25) is 0 Å². The van der Waals surface area contributed by atoms with Crippen molar-refractivity contribution in [2.45, 2.75) is 45.6 Å². The van der Waals surface area contributed by atoms with E-state index in [1.54, 1.807) is 0 Å². The fraction of sp³-hybridized carbons (Fsp3) is 0.632. The third kappa shape index (κ3) is 6.61. The Bertz CT molecular complexity index is 482. The van der Waals surface area contributed by atoms with Crippen LogP contribution in [0.15, 0.2) is 30.3 Å². The number of hydrogen-bond donors (Lipinski definition) is 1. The van der Waals surface area contributed by atoms with E-state index in [0.717, 1.165) is 45.4 Å². The Morgan fingerprint density at radius 3 is 2.74 bits per heavy atom. The van der Waals surface area contributed by atoms with Gasteiger partial charge in [0.2, 0.25) is 0 Å². The number of rotatable bonds is 6. The molecule has 1 aromatic carbocycles. The van der Waals surface area contributed by atoms with E-state index in [9.17, 15) is 4.79 Å². The van der Waals surface area contributed by atoms with Crippen LogP contribution < -0.4 is 5.32 Å². The van der Waals surface area contributed by atoms with Gasteiger partial charge in [0.1, 0.15) is 5.60 Å². The smallest absolute Gasteiger partial charge is 0.410 e. The van der Waals surface area contributed by atoms with Gasteiger partial charge < -0.3 is 15.0 Å². The van der Waals surface area contributed by atoms with E-state index in [1.165, 1.54) is 5.56 Å². The van der Waals surface area contributed by atoms with Crippen molar-refractivity contribution in [2.24, 2.45) is 5.92 Å². The summed E-state index contributed by atoms with van der Waals surface area (Å²) in [5.41, 5.74) is 0.983. The first-order valence-electron chi connectivity index (χ1n) is 8.66. The van der Waals surface area contributed by atoms with Crippen LogP contribution in [0.1, 0.15) is 39.2 Å². The second-order valence-electron chi connectivity index (χ2n) is 7.37. The first-order chi connectivity index (χ1) is 10.9. The van der Waals surface area contributed by atoms with Crippen molar-refractivity contribution in [1.82, 2.24) is 10.2 Å². The number of aryl methyl sites for hydroxylation is 1. The van der Waals surface area contributed by atoms with Gasteiger partial charge in [-0.25, -0.2) is 4.79 Å². The molecule has 1 atom stereocenters. The fourth-order valence-electron chi connectivity index (χ4n) is 2.86. The highest BCUT2D eigenvalue weighted by Gasteiger charge is 2.29. The van der Waals surface area contributed by atoms with Crippen LogP contribution in [0.5, 0.6) is 0 Å². The van der Waals surface area contributed by atoms with Gasteiger partial charge >= 0.3 is 6.09 Å². The van der Waals surface area contributed by atoms with Crippen LogP contribution >= 0.6 is 0 Å². The Morgan fingerprint density at radius 1 is 1.30 bits per heavy atom. The molecule has 0 spiro atoms. The molecule has 1 saturated heterocycles. The van der Waals surface area contributed by atoms with Gasteiger partial charge in [0.25, 0.3) is 0 Å². The molecule has 0 aliphatic carbocycles. The topological polar surface area (TPSA) is 41.6 Å². The van der Waals surface area contributed by atoms with Crippen molar-refractivity contribution >= 4 is 6.09 Å². The van der Waals surface area contributed by atoms with Crippen molar-refractivity contribution in [3.63, 3.8) is 0 Å². The molecule has 4 nitrogen and oxygen atoms in total. The third-order valence-electron chi connectivity index (χ3n) is 4.03. The zero-order valence-corrected chi connectivity index (χ0v) is 14.7. The van der Waals surface area contributed by atoms with Crippen LogP contribution in [0.25, 0.3) is 0 Å². The molecule has 0 bridgehead atoms. The van der Waals surface area contributed by atoms with E-state index in [-0.39, 0.29) is 6.09 Å². The average Bonchev–Trinajstić information content (AvgIpc) is 2.95. The standard InChI is InChI=1S/C19H30N2O2/c1-19(2,3)23-18(22)21-13-11-17(15-21)14-20-12-7-10-16-8-5-4-6-9-16/h4-6,8-9,17,20H,7,10-15H2,1-3H3. The molecular weight excluding hydrogens is 288 g/mol. The van der Waals surface area contributed by atoms with Crippen LogP contribution in [0, 0.1) is 5.92 Å². The van der Waals surface area contributed by atoms with Crippen LogP contribution in [-0.4, -0.2) is 42.8 Å². The van der Waals surface area contributed by atoms with Crippen LogP contribution in [0.4, 0.5) is 4.79 Å². The molecule has 1 aliphatic rings. The molecule has 1 heterocycles. The molecular formula is C19H30N2O2. The lowest BCUT2D eigenvalue weighted by Crippen LogP contribution is -2.36. The van der Waals surface area contributed by atoms with Gasteiger partial charge in [-0.15, -0.1) is 0 Å². The van der Waals surface area contributed by atoms with Crippen LogP contribution in [0.3, 0.4) is 0 Å². The molecule has 2 rings (SSSR count). The summed E-state index contributed by atoms with van der Waals surface area (Å²) < 4.78 is 5.43. The zero-order chi connectivity index (χ0) is 16.7. The Morgan fingerprint density at radius 2 is 2.04 bits per heavy atom. The highest BCUT2D eigenvalue weighted by Crippen LogP contribution is 2.18. The molecule has 1 unspecified atom stereocenters. The van der Waals surface area contributed by atoms with Gasteiger partial charge in [-0.05, 0) is 64.6 Å². The van der Waals surface area contributed by atoms with E-state index >= 15 is 0 Å². The minimum absolute atomic E-state index is 0.177. The lowest BCUT2D eigenvalue weighted by Gasteiger charge is -2.24. The first-order valence-corrected chi connectivity index (χ1v) is 8.66. The van der Waals surface area contributed by atoms with E-state index < -0.39 is 5.60 Å². The van der Waals surface area contributed by atoms with Crippen LogP contribution in [-0.2, 0) is 11.2 Å². The summed E-state index contributed by atoms with van der Waals surface area (Å²) in [7, 11) is 0. The summed E-state index contributed by atoms with van der Waals surface area (Å²) in [6, 6.07) is 10.6. The molecule has 1 N–H and O–H groups in total. The number of nitrogens with zero attached hydrogens (tertiary/aromatic N) is 1. The summed E-state index contributed by atoms with van der Waals surface area (Å²) in [6.45, 7) is 9.35. The lowest BCUT2D eigenvalue weighted by molar-refractivity contribution is 0.0288. The summed E-state index contributed by atoms with van der Waals surface area (Å²) in [5.74, 6) is 0.541. The molecule has 4 heteroatoms. The van der Waals surface area contributed by atoms with Crippen molar-refractivity contribution in [2.75, 3.05) is 26.2 Å². The molecule has 1 fully saturated rings. The number of carbonyl (C=O) groups is 1. The molecule has 0 saturated carbocycles. The fourth-order valence-corrected chi connectivity index (χ4v) is 2.86. The monoisotopic (exact) mass is 318 g/mol. The lowest BCUT2D eigenvalue weighted by atomic mass is 10.1.